The molecule has 1 saturated carbocycles. The van der Waals surface area contributed by atoms with Gasteiger partial charge in [0.2, 0.25) is 0 Å². The van der Waals surface area contributed by atoms with Crippen LogP contribution in [0.4, 0.5) is 0 Å². The molecular weight excluding hydrogens is 527 g/mol. The summed E-state index contributed by atoms with van der Waals surface area (Å²) in [5.74, 6) is -0.480. The normalized spacial score (nSPS) is 21.8. The van der Waals surface area contributed by atoms with Crippen molar-refractivity contribution in [3.63, 3.8) is 0 Å². The van der Waals surface area contributed by atoms with E-state index in [1.807, 2.05) is 13.8 Å². The van der Waals surface area contributed by atoms with E-state index >= 15 is 0 Å². The highest BCUT2D eigenvalue weighted by molar-refractivity contribution is 7.46. The van der Waals surface area contributed by atoms with Crippen LogP contribution in [0.5, 0.6) is 11.5 Å². The fourth-order valence-electron chi connectivity index (χ4n) is 6.01. The van der Waals surface area contributed by atoms with Gasteiger partial charge in [-0.05, 0) is 94.7 Å². The quantitative estimate of drug-likeness (QED) is 0.0980. The Morgan fingerprint density at radius 1 is 1.20 bits per heavy atom. The third-order valence-corrected chi connectivity index (χ3v) is 9.36. The van der Waals surface area contributed by atoms with Crippen molar-refractivity contribution in [2.75, 3.05) is 6.61 Å². The zero-order valence-electron chi connectivity index (χ0n) is 25.0. The summed E-state index contributed by atoms with van der Waals surface area (Å²) in [6, 6.07) is 3.53. The van der Waals surface area contributed by atoms with Gasteiger partial charge in [0.15, 0.2) is 5.60 Å². The summed E-state index contributed by atoms with van der Waals surface area (Å²) in [6.45, 7) is 14.4. The first kappa shape index (κ1) is 32.6. The maximum atomic E-state index is 13.7. The molecule has 40 heavy (non-hydrogen) atoms. The number of hydrogen-bond acceptors (Lipinski definition) is 7. The molecule has 1 N–H and O–H groups in total. The molecule has 0 bridgehead atoms. The maximum absolute atomic E-state index is 13.7. The molecule has 3 atom stereocenters. The van der Waals surface area contributed by atoms with Crippen LogP contribution in [0.2, 0.25) is 0 Å². The summed E-state index contributed by atoms with van der Waals surface area (Å²) in [6.07, 6.45) is 10.2. The lowest BCUT2D eigenvalue weighted by Crippen LogP contribution is -2.50. The third kappa shape index (κ3) is 8.09. The summed E-state index contributed by atoms with van der Waals surface area (Å²) in [5.41, 5.74) is 1.94. The van der Waals surface area contributed by atoms with Crippen LogP contribution in [0.25, 0.3) is 0 Å². The molecule has 1 fully saturated rings. The molecular formula is C32H48O7P-. The standard InChI is InChI=1S/C32H49O7P/c1-7-11-24(12-8-2)21-37-40(35,36)39-32(16-10-17-32)31(34)38-29-20-25(13-9-3)19-28(33)30(29)27-18-23(6)14-15-26(27)22(4)5/h18-20,24,26-27,33H,4,7-17,21H2,1-3,5-6H3,(H,35,36)/p-1/t26-,27+/m0/s1. The third-order valence-electron chi connectivity index (χ3n) is 8.32. The summed E-state index contributed by atoms with van der Waals surface area (Å²) >= 11 is 0. The zero-order valence-corrected chi connectivity index (χ0v) is 25.9. The molecule has 1 aromatic carbocycles. The molecule has 7 nitrogen and oxygen atoms in total. The number of ether oxygens (including phenoxy) is 1. The molecule has 1 unspecified atom stereocenters. The Morgan fingerprint density at radius 3 is 2.42 bits per heavy atom. The number of allylic oxidation sites excluding steroid dienone is 3. The number of phosphoric ester groups is 1. The van der Waals surface area contributed by atoms with E-state index in [-0.39, 0.29) is 48.7 Å². The van der Waals surface area contributed by atoms with Crippen molar-refractivity contribution in [1.82, 2.24) is 0 Å². The minimum Gasteiger partial charge on any atom is -0.756 e. The van der Waals surface area contributed by atoms with Crippen molar-refractivity contribution in [3.8, 4) is 11.5 Å². The van der Waals surface area contributed by atoms with Gasteiger partial charge in [0.1, 0.15) is 11.5 Å². The van der Waals surface area contributed by atoms with Gasteiger partial charge in [0, 0.05) is 11.5 Å². The van der Waals surface area contributed by atoms with Gasteiger partial charge in [0.25, 0.3) is 7.82 Å². The van der Waals surface area contributed by atoms with Crippen molar-refractivity contribution in [1.29, 1.82) is 0 Å². The Labute approximate surface area is 240 Å². The first-order valence-corrected chi connectivity index (χ1v) is 16.5. The van der Waals surface area contributed by atoms with Gasteiger partial charge in [-0.3, -0.25) is 9.09 Å². The maximum Gasteiger partial charge on any atom is 0.344 e. The monoisotopic (exact) mass is 575 g/mol. The van der Waals surface area contributed by atoms with E-state index in [4.69, 9.17) is 13.8 Å². The van der Waals surface area contributed by atoms with Crippen molar-refractivity contribution in [2.45, 2.75) is 117 Å². The number of carbonyl (C=O) groups excluding carboxylic acids is 1. The number of phenols is 1. The number of benzene rings is 1. The molecule has 2 aliphatic carbocycles. The van der Waals surface area contributed by atoms with Crippen LogP contribution in [0.1, 0.15) is 116 Å². The molecule has 0 spiro atoms. The number of phosphoric acid groups is 1. The molecule has 1 aromatic rings. The van der Waals surface area contributed by atoms with Gasteiger partial charge in [-0.15, -0.1) is 0 Å². The van der Waals surface area contributed by atoms with Crippen LogP contribution in [0, 0.1) is 11.8 Å². The number of hydrogen-bond donors (Lipinski definition) is 1. The lowest BCUT2D eigenvalue weighted by molar-refractivity contribution is -0.244. The summed E-state index contributed by atoms with van der Waals surface area (Å²) in [4.78, 5) is 26.5. The number of esters is 1. The van der Waals surface area contributed by atoms with Crippen molar-refractivity contribution in [2.24, 2.45) is 11.8 Å². The summed E-state index contributed by atoms with van der Waals surface area (Å²) < 4.78 is 29.6. The van der Waals surface area contributed by atoms with E-state index in [0.29, 0.717) is 18.4 Å². The van der Waals surface area contributed by atoms with Gasteiger partial charge in [-0.2, -0.15) is 0 Å². The molecule has 0 amide bonds. The van der Waals surface area contributed by atoms with Gasteiger partial charge < -0.3 is 19.3 Å². The highest BCUT2D eigenvalue weighted by Gasteiger charge is 2.50. The van der Waals surface area contributed by atoms with E-state index in [2.05, 4.69) is 33.4 Å². The lowest BCUT2D eigenvalue weighted by atomic mass is 9.73. The smallest absolute Gasteiger partial charge is 0.344 e. The van der Waals surface area contributed by atoms with E-state index in [1.165, 1.54) is 5.57 Å². The SMILES string of the molecule is C=C(C)[C@@H]1CCC(C)=C[C@H]1c1c(O)cc(CCC)cc1OC(=O)C1(OP(=O)([O-])OCC(CCC)CCC)CCC1. The molecule has 0 saturated heterocycles. The second kappa shape index (κ2) is 14.3. The van der Waals surface area contributed by atoms with Crippen LogP contribution in [0.3, 0.4) is 0 Å². The number of rotatable bonds is 15. The highest BCUT2D eigenvalue weighted by atomic mass is 31.2. The minimum absolute atomic E-state index is 0.0420. The molecule has 0 aliphatic heterocycles. The van der Waals surface area contributed by atoms with Crippen LogP contribution < -0.4 is 9.63 Å². The molecule has 8 heteroatoms. The van der Waals surface area contributed by atoms with E-state index < -0.39 is 19.4 Å². The number of carbonyl (C=O) groups is 1. The van der Waals surface area contributed by atoms with E-state index in [9.17, 15) is 19.4 Å². The Bertz CT molecular complexity index is 1110. The minimum atomic E-state index is -4.76. The Balaban J connectivity index is 1.90. The predicted molar refractivity (Wildman–Crippen MR) is 156 cm³/mol. The van der Waals surface area contributed by atoms with Crippen LogP contribution in [-0.4, -0.2) is 23.3 Å². The first-order valence-electron chi connectivity index (χ1n) is 15.0. The Hall–Kier alpha value is -1.92. The predicted octanol–water partition coefficient (Wildman–Crippen LogP) is 7.91. The number of phenolic OH excluding ortho intramolecular Hbond substituents is 1. The fourth-order valence-corrected chi connectivity index (χ4v) is 7.15. The summed E-state index contributed by atoms with van der Waals surface area (Å²) in [7, 11) is -4.76. The molecule has 3 rings (SSSR count). The molecule has 0 radical (unpaired) electrons. The lowest BCUT2D eigenvalue weighted by Gasteiger charge is -2.42. The second-order valence-corrected chi connectivity index (χ2v) is 13.2. The largest absolute Gasteiger partial charge is 0.756 e. The second-order valence-electron chi connectivity index (χ2n) is 11.8. The van der Waals surface area contributed by atoms with Gasteiger partial charge >= 0.3 is 5.97 Å². The van der Waals surface area contributed by atoms with Crippen LogP contribution in [0.15, 0.2) is 35.9 Å². The average Bonchev–Trinajstić information content (AvgIpc) is 2.85. The molecule has 0 heterocycles. The Morgan fingerprint density at radius 2 is 1.88 bits per heavy atom. The highest BCUT2D eigenvalue weighted by Crippen LogP contribution is 2.52. The van der Waals surface area contributed by atoms with Crippen molar-refractivity contribution < 1.29 is 33.1 Å². The van der Waals surface area contributed by atoms with Crippen molar-refractivity contribution >= 4 is 13.8 Å². The van der Waals surface area contributed by atoms with E-state index in [0.717, 1.165) is 56.1 Å². The molecule has 224 valence electrons. The summed E-state index contributed by atoms with van der Waals surface area (Å²) in [5, 5.41) is 11.2. The first-order chi connectivity index (χ1) is 18.9. The van der Waals surface area contributed by atoms with Crippen molar-refractivity contribution in [3.05, 3.63) is 47.1 Å². The number of aromatic hydroxyl groups is 1. The average molecular weight is 576 g/mol. The zero-order chi connectivity index (χ0) is 29.5. The van der Waals surface area contributed by atoms with Gasteiger partial charge in [-0.1, -0.05) is 63.8 Å². The van der Waals surface area contributed by atoms with Gasteiger partial charge in [-0.25, -0.2) is 4.79 Å². The molecule has 0 aromatic heterocycles. The van der Waals surface area contributed by atoms with E-state index in [1.54, 1.807) is 12.1 Å². The Kier molecular flexibility index (Phi) is 11.7. The molecule has 2 aliphatic rings. The van der Waals surface area contributed by atoms with Crippen LogP contribution >= 0.6 is 7.82 Å². The topological polar surface area (TPSA) is 105 Å². The number of aryl methyl sites for hydroxylation is 1. The van der Waals surface area contributed by atoms with Gasteiger partial charge in [0.05, 0.1) is 6.61 Å². The fraction of sp³-hybridized carbons (Fsp3) is 0.656. The van der Waals surface area contributed by atoms with Crippen LogP contribution in [-0.2, 0) is 24.8 Å².